The van der Waals surface area contributed by atoms with E-state index in [1.54, 1.807) is 35.2 Å². The Morgan fingerprint density at radius 1 is 1.18 bits per heavy atom. The van der Waals surface area contributed by atoms with Crippen molar-refractivity contribution < 1.29 is 14.7 Å². The monoisotopic (exact) mass is 429 g/mol. The maximum atomic E-state index is 12.2. The molecule has 4 nitrogen and oxygen atoms in total. The van der Waals surface area contributed by atoms with Crippen molar-refractivity contribution in [1.29, 1.82) is 0 Å². The molecular formula is C21H16ClNO3S2. The lowest BCUT2D eigenvalue weighted by atomic mass is 10.1. The van der Waals surface area contributed by atoms with Crippen molar-refractivity contribution in [3.8, 4) is 0 Å². The number of carboxylic acid groups (broad SMARTS) is 1. The number of rotatable bonds is 6. The molecule has 1 N–H and O–H groups in total. The number of benzene rings is 2. The average Bonchev–Trinajstić information content (AvgIpc) is 2.99. The Kier molecular flexibility index (Phi) is 6.67. The van der Waals surface area contributed by atoms with Gasteiger partial charge in [-0.3, -0.25) is 9.59 Å². The van der Waals surface area contributed by atoms with Gasteiger partial charge in [0.25, 0.3) is 0 Å². The quantitative estimate of drug-likeness (QED) is 0.396. The number of thiocarbonyl (C=S) groups is 1. The van der Waals surface area contributed by atoms with Crippen LogP contribution in [0.1, 0.15) is 21.5 Å². The van der Waals surface area contributed by atoms with Gasteiger partial charge in [-0.05, 0) is 35.4 Å². The number of ketones is 1. The summed E-state index contributed by atoms with van der Waals surface area (Å²) in [5, 5.41) is 9.44. The number of allylic oxidation sites excluding steroid dienone is 1. The van der Waals surface area contributed by atoms with Gasteiger partial charge in [-0.15, -0.1) is 0 Å². The van der Waals surface area contributed by atoms with Crippen LogP contribution in [0.4, 0.5) is 0 Å². The fourth-order valence-electron chi connectivity index (χ4n) is 2.62. The number of aliphatic carboxylic acids is 1. The molecule has 0 atom stereocenters. The summed E-state index contributed by atoms with van der Waals surface area (Å²) in [5.41, 5.74) is 2.44. The number of hydrogen-bond acceptors (Lipinski definition) is 4. The van der Waals surface area contributed by atoms with E-state index in [0.717, 1.165) is 16.0 Å². The average molecular weight is 430 g/mol. The van der Waals surface area contributed by atoms with Crippen molar-refractivity contribution in [2.45, 2.75) is 0 Å². The van der Waals surface area contributed by atoms with E-state index in [4.69, 9.17) is 28.9 Å². The topological polar surface area (TPSA) is 57.6 Å². The van der Waals surface area contributed by atoms with Gasteiger partial charge in [0.1, 0.15) is 10.9 Å². The van der Waals surface area contributed by atoms with Gasteiger partial charge in [0.2, 0.25) is 0 Å². The van der Waals surface area contributed by atoms with Crippen LogP contribution in [0.3, 0.4) is 0 Å². The number of thioether (sulfide) groups is 1. The van der Waals surface area contributed by atoms with Crippen LogP contribution in [0.5, 0.6) is 0 Å². The Bertz CT molecular complexity index is 983. The van der Waals surface area contributed by atoms with E-state index in [2.05, 4.69) is 0 Å². The normalized spacial score (nSPS) is 15.5. The molecule has 2 aromatic rings. The van der Waals surface area contributed by atoms with Crippen molar-refractivity contribution in [3.05, 3.63) is 81.2 Å². The zero-order valence-corrected chi connectivity index (χ0v) is 17.1. The molecule has 142 valence electrons. The summed E-state index contributed by atoms with van der Waals surface area (Å²) in [5.74, 6) is -1.00. The van der Waals surface area contributed by atoms with Crippen LogP contribution in [0, 0.1) is 0 Å². The lowest BCUT2D eigenvalue weighted by Gasteiger charge is -2.12. The van der Waals surface area contributed by atoms with Crippen molar-refractivity contribution in [3.63, 3.8) is 0 Å². The van der Waals surface area contributed by atoms with Gasteiger partial charge in [0.05, 0.1) is 6.54 Å². The summed E-state index contributed by atoms with van der Waals surface area (Å²) in [4.78, 5) is 25.7. The second-order valence-corrected chi connectivity index (χ2v) is 8.30. The molecule has 0 spiro atoms. The van der Waals surface area contributed by atoms with Crippen LogP contribution in [0.2, 0.25) is 5.02 Å². The number of carboxylic acids is 1. The Balaban J connectivity index is 1.64. The van der Waals surface area contributed by atoms with Gasteiger partial charge < -0.3 is 10.0 Å². The molecule has 2 aromatic carbocycles. The molecule has 0 bridgehead atoms. The van der Waals surface area contributed by atoms with Gasteiger partial charge in [-0.2, -0.15) is 0 Å². The summed E-state index contributed by atoms with van der Waals surface area (Å²) in [6, 6.07) is 14.6. The lowest BCUT2D eigenvalue weighted by molar-refractivity contribution is -0.137. The van der Waals surface area contributed by atoms with Gasteiger partial charge in [-0.1, -0.05) is 78.1 Å². The number of halogens is 1. The van der Waals surface area contributed by atoms with E-state index in [-0.39, 0.29) is 12.3 Å². The summed E-state index contributed by atoms with van der Waals surface area (Å²) in [6.07, 6.45) is 5.27. The zero-order chi connectivity index (χ0) is 20.1. The first-order chi connectivity index (χ1) is 13.4. The Morgan fingerprint density at radius 2 is 1.89 bits per heavy atom. The highest BCUT2D eigenvalue weighted by Gasteiger charge is 2.23. The Labute approximate surface area is 177 Å². The number of carbonyl (C=O) groups is 2. The van der Waals surface area contributed by atoms with Crippen LogP contribution in [0.25, 0.3) is 12.2 Å². The molecule has 3 rings (SSSR count). The third-order valence-electron chi connectivity index (χ3n) is 3.95. The molecule has 0 aliphatic carbocycles. The third kappa shape index (κ3) is 5.55. The highest BCUT2D eigenvalue weighted by atomic mass is 35.5. The fraction of sp³-hybridized carbons (Fsp3) is 0.0952. The Hall–Kier alpha value is -2.41. The molecule has 28 heavy (non-hydrogen) atoms. The first-order valence-electron chi connectivity index (χ1n) is 8.38. The van der Waals surface area contributed by atoms with Crippen LogP contribution >= 0.6 is 35.6 Å². The van der Waals surface area contributed by atoms with Crippen LogP contribution in [0.15, 0.2) is 59.5 Å². The maximum absolute atomic E-state index is 12.2. The molecule has 0 aromatic heterocycles. The molecule has 0 saturated carbocycles. The predicted octanol–water partition coefficient (Wildman–Crippen LogP) is 5.00. The number of carbonyl (C=O) groups excluding carboxylic acids is 1. The van der Waals surface area contributed by atoms with Gasteiger partial charge in [-0.25, -0.2) is 0 Å². The zero-order valence-electron chi connectivity index (χ0n) is 14.7. The molecule has 1 saturated heterocycles. The fourth-order valence-corrected chi connectivity index (χ4v) is 4.16. The van der Waals surface area contributed by atoms with E-state index in [9.17, 15) is 9.59 Å². The SMILES string of the molecule is O=C(O)CN1C/C(=C/c2ccc(/C=C/C(=O)c3cccc(Cl)c3)cc2)SC1=S. The lowest BCUT2D eigenvalue weighted by Crippen LogP contribution is -2.29. The van der Waals surface area contributed by atoms with Gasteiger partial charge in [0, 0.05) is 15.5 Å². The van der Waals surface area contributed by atoms with Crippen molar-refractivity contribution >= 4 is 63.8 Å². The van der Waals surface area contributed by atoms with Crippen molar-refractivity contribution in [1.82, 2.24) is 4.90 Å². The van der Waals surface area contributed by atoms with E-state index >= 15 is 0 Å². The maximum Gasteiger partial charge on any atom is 0.323 e. The molecule has 0 unspecified atom stereocenters. The molecule has 7 heteroatoms. The van der Waals surface area contributed by atoms with E-state index in [1.165, 1.54) is 17.8 Å². The summed E-state index contributed by atoms with van der Waals surface area (Å²) >= 11 is 12.5. The summed E-state index contributed by atoms with van der Waals surface area (Å²) in [6.45, 7) is 0.416. The van der Waals surface area contributed by atoms with E-state index in [0.29, 0.717) is 21.5 Å². The number of hydrogen-bond donors (Lipinski definition) is 1. The second kappa shape index (κ2) is 9.19. The van der Waals surface area contributed by atoms with Gasteiger partial charge in [0.15, 0.2) is 5.78 Å². The largest absolute Gasteiger partial charge is 0.480 e. The van der Waals surface area contributed by atoms with E-state index < -0.39 is 5.97 Å². The molecular weight excluding hydrogens is 414 g/mol. The predicted molar refractivity (Wildman–Crippen MR) is 119 cm³/mol. The highest BCUT2D eigenvalue weighted by Crippen LogP contribution is 2.31. The van der Waals surface area contributed by atoms with Crippen LogP contribution in [-0.4, -0.2) is 39.2 Å². The van der Waals surface area contributed by atoms with Crippen molar-refractivity contribution in [2.75, 3.05) is 13.1 Å². The second-order valence-electron chi connectivity index (χ2n) is 6.10. The van der Waals surface area contributed by atoms with Crippen molar-refractivity contribution in [2.24, 2.45) is 0 Å². The van der Waals surface area contributed by atoms with Gasteiger partial charge >= 0.3 is 5.97 Å². The molecule has 1 aliphatic rings. The minimum Gasteiger partial charge on any atom is -0.480 e. The van der Waals surface area contributed by atoms with E-state index in [1.807, 2.05) is 30.3 Å². The first-order valence-corrected chi connectivity index (χ1v) is 9.98. The smallest absolute Gasteiger partial charge is 0.323 e. The minimum absolute atomic E-state index is 0.0897. The molecule has 0 radical (unpaired) electrons. The first kappa shape index (κ1) is 20.3. The summed E-state index contributed by atoms with van der Waals surface area (Å²) < 4.78 is 0.577. The summed E-state index contributed by atoms with van der Waals surface area (Å²) in [7, 11) is 0. The van der Waals surface area contributed by atoms with Crippen LogP contribution in [-0.2, 0) is 4.79 Å². The number of nitrogens with zero attached hydrogens (tertiary/aromatic N) is 1. The highest BCUT2D eigenvalue weighted by molar-refractivity contribution is 8.25. The molecule has 1 aliphatic heterocycles. The van der Waals surface area contributed by atoms with Crippen LogP contribution < -0.4 is 0 Å². The standard InChI is InChI=1S/C21H16ClNO3S2/c22-17-3-1-2-16(11-17)19(24)9-8-14-4-6-15(7-5-14)10-18-12-23(13-20(25)26)21(27)28-18/h1-11H,12-13H2,(H,25,26)/b9-8+,18-10-. The minimum atomic E-state index is -0.896. The molecule has 0 amide bonds. The molecule has 1 heterocycles. The Morgan fingerprint density at radius 3 is 2.57 bits per heavy atom. The molecule has 1 fully saturated rings. The third-order valence-corrected chi connectivity index (χ3v) is 5.64.